The second-order valence-corrected chi connectivity index (χ2v) is 9.51. The number of amides is 1. The first-order valence-corrected chi connectivity index (χ1v) is 12.6. The van der Waals surface area contributed by atoms with Crippen LogP contribution in [0.3, 0.4) is 0 Å². The Balaban J connectivity index is 1.92. The fourth-order valence-electron chi connectivity index (χ4n) is 3.46. The van der Waals surface area contributed by atoms with Crippen LogP contribution in [0.4, 0.5) is 26.3 Å². The molecule has 2 N–H and O–H groups in total. The average Bonchev–Trinajstić information content (AvgIpc) is 2.90. The van der Waals surface area contributed by atoms with Crippen molar-refractivity contribution in [3.05, 3.63) is 101 Å². The molecule has 3 aromatic rings. The highest BCUT2D eigenvalue weighted by Gasteiger charge is 2.31. The lowest BCUT2D eigenvalue weighted by atomic mass is 9.94. The quantitative estimate of drug-likeness (QED) is 0.110. The van der Waals surface area contributed by atoms with Gasteiger partial charge in [-0.1, -0.05) is 24.3 Å². The summed E-state index contributed by atoms with van der Waals surface area (Å²) in [6.07, 6.45) is -4.37. The summed E-state index contributed by atoms with van der Waals surface area (Å²) in [5.41, 5.74) is -4.74. The molecule has 3 rings (SSSR count). The third kappa shape index (κ3) is 9.80. The van der Waals surface area contributed by atoms with Gasteiger partial charge in [0, 0.05) is 33.7 Å². The molecule has 0 unspecified atom stereocenters. The summed E-state index contributed by atoms with van der Waals surface area (Å²) in [7, 11) is 0. The van der Waals surface area contributed by atoms with Gasteiger partial charge in [-0.25, -0.2) is 0 Å². The molecule has 42 heavy (non-hydrogen) atoms. The van der Waals surface area contributed by atoms with Crippen molar-refractivity contribution in [1.82, 2.24) is 5.32 Å². The largest absolute Gasteiger partial charge is 0.573 e. The van der Waals surface area contributed by atoms with Gasteiger partial charge in [-0.15, -0.1) is 13.2 Å². The van der Waals surface area contributed by atoms with Crippen molar-refractivity contribution in [2.24, 2.45) is 0 Å². The van der Waals surface area contributed by atoms with E-state index in [0.29, 0.717) is 0 Å². The van der Waals surface area contributed by atoms with Crippen LogP contribution in [0, 0.1) is 0 Å². The number of hydrogen-bond donors (Lipinski definition) is 2. The van der Waals surface area contributed by atoms with Gasteiger partial charge in [0.2, 0.25) is 0 Å². The molecular formula is C28H19F6NO6S. The van der Waals surface area contributed by atoms with Gasteiger partial charge in [0.25, 0.3) is 5.91 Å². The number of benzene rings is 3. The molecule has 0 fully saturated rings. The van der Waals surface area contributed by atoms with Gasteiger partial charge < -0.3 is 15.2 Å². The van der Waals surface area contributed by atoms with Gasteiger partial charge in [0.15, 0.2) is 11.6 Å². The van der Waals surface area contributed by atoms with Crippen molar-refractivity contribution < 1.29 is 55.4 Å². The maximum atomic E-state index is 13.4. The Morgan fingerprint density at radius 2 is 1.29 bits per heavy atom. The Morgan fingerprint density at radius 3 is 1.81 bits per heavy atom. The van der Waals surface area contributed by atoms with Gasteiger partial charge in [-0.2, -0.15) is 13.2 Å². The first-order chi connectivity index (χ1) is 19.6. The van der Waals surface area contributed by atoms with E-state index < -0.39 is 41.1 Å². The molecule has 0 aliphatic rings. The zero-order valence-electron chi connectivity index (χ0n) is 21.1. The number of carbonyl (C=O) groups excluding carboxylic acids is 3. The molecule has 220 valence electrons. The van der Waals surface area contributed by atoms with E-state index in [2.05, 4.69) is 10.1 Å². The van der Waals surface area contributed by atoms with Crippen molar-refractivity contribution in [2.75, 3.05) is 6.54 Å². The van der Waals surface area contributed by atoms with Crippen LogP contribution < -0.4 is 10.1 Å². The minimum Gasteiger partial charge on any atom is -0.481 e. The second kappa shape index (κ2) is 13.4. The Morgan fingerprint density at radius 1 is 0.762 bits per heavy atom. The number of carboxylic acid groups (broad SMARTS) is 1. The lowest BCUT2D eigenvalue weighted by Crippen LogP contribution is -2.26. The molecule has 7 nitrogen and oxygen atoms in total. The molecule has 14 heteroatoms. The van der Waals surface area contributed by atoms with E-state index in [0.717, 1.165) is 54.6 Å². The number of ketones is 2. The van der Waals surface area contributed by atoms with Crippen LogP contribution in [-0.4, -0.2) is 47.0 Å². The lowest BCUT2D eigenvalue weighted by Gasteiger charge is -2.12. The molecular weight excluding hydrogens is 592 g/mol. The summed E-state index contributed by atoms with van der Waals surface area (Å²) < 4.78 is 79.4. The Kier molecular flexibility index (Phi) is 10.2. The summed E-state index contributed by atoms with van der Waals surface area (Å²) in [5.74, 6) is -3.82. The number of hydrogen-bond acceptors (Lipinski definition) is 6. The number of Topliss-reactive ketones (excluding diaryl/α,β-unsaturated/α-hetero) is 1. The standard InChI is InChI=1S/C28H19F6NO6S/c29-27(30,31)41-20-9-5-16(6-10-20)22(15-23(36)17-7-11-21(12-8-17)42-28(32,33)34)25(39)18-1-3-19(4-2-18)26(40)35-14-13-24(37)38/h1-12,15H,13-14H2,(H,35,40)(H,37,38). The highest BCUT2D eigenvalue weighted by atomic mass is 32.2. The third-order valence-electron chi connectivity index (χ3n) is 5.33. The van der Waals surface area contributed by atoms with E-state index in [1.54, 1.807) is 0 Å². The zero-order chi connectivity index (χ0) is 31.1. The van der Waals surface area contributed by atoms with Crippen molar-refractivity contribution in [2.45, 2.75) is 23.2 Å². The fraction of sp³-hybridized carbons (Fsp3) is 0.143. The summed E-state index contributed by atoms with van der Waals surface area (Å²) in [4.78, 5) is 49.1. The molecule has 0 spiro atoms. The maximum absolute atomic E-state index is 13.4. The molecule has 0 aliphatic heterocycles. The summed E-state index contributed by atoms with van der Waals surface area (Å²) in [6.45, 7) is -0.131. The molecule has 0 atom stereocenters. The Bertz CT molecular complexity index is 1480. The van der Waals surface area contributed by atoms with Crippen molar-refractivity contribution in [1.29, 1.82) is 0 Å². The van der Waals surface area contributed by atoms with E-state index in [4.69, 9.17) is 5.11 Å². The Labute approximate surface area is 238 Å². The predicted octanol–water partition coefficient (Wildman–Crippen LogP) is 6.55. The summed E-state index contributed by atoms with van der Waals surface area (Å²) in [5, 5.41) is 11.1. The van der Waals surface area contributed by atoms with Crippen molar-refractivity contribution >= 4 is 40.8 Å². The molecule has 1 amide bonds. The number of carbonyl (C=O) groups is 4. The highest BCUT2D eigenvalue weighted by Crippen LogP contribution is 2.37. The molecule has 0 aromatic heterocycles. The maximum Gasteiger partial charge on any atom is 0.573 e. The van der Waals surface area contributed by atoms with Crippen LogP contribution in [0.15, 0.2) is 83.8 Å². The van der Waals surface area contributed by atoms with Crippen molar-refractivity contribution in [3.8, 4) is 5.75 Å². The predicted molar refractivity (Wildman–Crippen MR) is 139 cm³/mol. The zero-order valence-corrected chi connectivity index (χ0v) is 21.9. The van der Waals surface area contributed by atoms with Gasteiger partial charge in [0.05, 0.1) is 6.42 Å². The van der Waals surface area contributed by atoms with Gasteiger partial charge in [-0.05, 0) is 71.9 Å². The van der Waals surface area contributed by atoms with Crippen LogP contribution in [-0.2, 0) is 4.79 Å². The van der Waals surface area contributed by atoms with Gasteiger partial charge >= 0.3 is 17.8 Å². The molecule has 0 saturated heterocycles. The van der Waals surface area contributed by atoms with E-state index in [-0.39, 0.29) is 57.4 Å². The average molecular weight is 612 g/mol. The van der Waals surface area contributed by atoms with E-state index in [9.17, 15) is 45.5 Å². The minimum atomic E-state index is -4.97. The Hall–Kier alpha value is -4.59. The number of halogens is 6. The molecule has 0 heterocycles. The van der Waals surface area contributed by atoms with Gasteiger partial charge in [-0.3, -0.25) is 19.2 Å². The van der Waals surface area contributed by atoms with Crippen LogP contribution in [0.25, 0.3) is 5.57 Å². The topological polar surface area (TPSA) is 110 Å². The van der Waals surface area contributed by atoms with Crippen LogP contribution in [0.5, 0.6) is 5.75 Å². The lowest BCUT2D eigenvalue weighted by molar-refractivity contribution is -0.274. The van der Waals surface area contributed by atoms with Crippen LogP contribution in [0.2, 0.25) is 0 Å². The minimum absolute atomic E-state index is 0.0105. The third-order valence-corrected chi connectivity index (χ3v) is 6.06. The molecule has 0 radical (unpaired) electrons. The second-order valence-electron chi connectivity index (χ2n) is 8.37. The van der Waals surface area contributed by atoms with E-state index in [1.165, 1.54) is 24.3 Å². The number of rotatable bonds is 11. The number of alkyl halides is 6. The fourth-order valence-corrected chi connectivity index (χ4v) is 4.00. The smallest absolute Gasteiger partial charge is 0.481 e. The molecule has 0 aliphatic carbocycles. The SMILES string of the molecule is O=C(O)CCNC(=O)c1ccc(C(=O)C(=CC(=O)c2ccc(SC(F)(F)F)cc2)c2ccc(OC(F)(F)F)cc2)cc1. The number of ether oxygens (including phenoxy) is 1. The summed E-state index contributed by atoms with van der Waals surface area (Å²) in [6, 6.07) is 13.6. The summed E-state index contributed by atoms with van der Waals surface area (Å²) >= 11 is -0.380. The number of allylic oxidation sites excluding steroid dienone is 2. The first-order valence-electron chi connectivity index (χ1n) is 11.7. The van der Waals surface area contributed by atoms with Crippen LogP contribution in [0.1, 0.15) is 43.1 Å². The van der Waals surface area contributed by atoms with E-state index >= 15 is 0 Å². The number of carboxylic acids is 1. The van der Waals surface area contributed by atoms with E-state index in [1.807, 2.05) is 0 Å². The monoisotopic (exact) mass is 611 g/mol. The van der Waals surface area contributed by atoms with Crippen LogP contribution >= 0.6 is 11.8 Å². The number of thioether (sulfide) groups is 1. The molecule has 3 aromatic carbocycles. The van der Waals surface area contributed by atoms with Gasteiger partial charge in [0.1, 0.15) is 5.75 Å². The first kappa shape index (κ1) is 31.9. The molecule has 0 bridgehead atoms. The normalized spacial score (nSPS) is 12.0. The van der Waals surface area contributed by atoms with Crippen molar-refractivity contribution in [3.63, 3.8) is 0 Å². The number of aliphatic carboxylic acids is 1. The molecule has 0 saturated carbocycles. The number of nitrogens with one attached hydrogen (secondary N) is 1. The highest BCUT2D eigenvalue weighted by molar-refractivity contribution is 8.00.